The molecule has 1 saturated carbocycles. The Morgan fingerprint density at radius 1 is 1.11 bits per heavy atom. The van der Waals surface area contributed by atoms with E-state index in [0.29, 0.717) is 29.8 Å². The summed E-state index contributed by atoms with van der Waals surface area (Å²) in [6.07, 6.45) is 1.37. The molecule has 1 fully saturated rings. The molecule has 11 nitrogen and oxygen atoms in total. The fraction of sp³-hybridized carbons (Fsp3) is 0.667. The molecule has 150 valence electrons. The van der Waals surface area contributed by atoms with E-state index in [-0.39, 0.29) is 0 Å². The van der Waals surface area contributed by atoms with Crippen LogP contribution in [-0.4, -0.2) is 88.9 Å². The molecule has 0 aliphatic heterocycles. The van der Waals surface area contributed by atoms with Crippen LogP contribution in [0.4, 0.5) is 5.82 Å². The number of rotatable bonds is 5. The molecule has 0 saturated heterocycles. The molecule has 0 bridgehead atoms. The Morgan fingerprint density at radius 2 is 1.81 bits per heavy atom. The minimum absolute atomic E-state index is 0.362. The van der Waals surface area contributed by atoms with E-state index in [4.69, 9.17) is 0 Å². The highest BCUT2D eigenvalue weighted by Gasteiger charge is 2.41. The monoisotopic (exact) mass is 399 g/mol. The van der Waals surface area contributed by atoms with Crippen LogP contribution < -0.4 is 9.62 Å². The SMILES string of the molecule is CN(C)c1ncnc2c1ncn2[C@@H]1CC[C@@H](NS(=O)(=O)N(C)C)[C@@H](O)[C@@H]1O. The first kappa shape index (κ1) is 19.9. The number of aliphatic hydroxyl groups is 2. The Balaban J connectivity index is 1.86. The van der Waals surface area contributed by atoms with Crippen molar-refractivity contribution in [1.82, 2.24) is 28.5 Å². The van der Waals surface area contributed by atoms with Gasteiger partial charge >= 0.3 is 0 Å². The second-order valence-corrected chi connectivity index (χ2v) is 8.97. The van der Waals surface area contributed by atoms with Crippen molar-refractivity contribution in [3.05, 3.63) is 12.7 Å². The average Bonchev–Trinajstić information content (AvgIpc) is 3.02. The first-order valence-corrected chi connectivity index (χ1v) is 9.98. The van der Waals surface area contributed by atoms with E-state index in [1.54, 1.807) is 10.9 Å². The summed E-state index contributed by atoms with van der Waals surface area (Å²) in [5.41, 5.74) is 1.15. The van der Waals surface area contributed by atoms with Gasteiger partial charge in [-0.3, -0.25) is 0 Å². The number of nitrogens with one attached hydrogen (secondary N) is 1. The summed E-state index contributed by atoms with van der Waals surface area (Å²) in [4.78, 5) is 14.7. The molecule has 27 heavy (non-hydrogen) atoms. The predicted octanol–water partition coefficient (Wildman–Crippen LogP) is -1.29. The summed E-state index contributed by atoms with van der Waals surface area (Å²) in [6.45, 7) is 0. The van der Waals surface area contributed by atoms with E-state index in [2.05, 4.69) is 19.7 Å². The lowest BCUT2D eigenvalue weighted by atomic mass is 9.86. The molecule has 0 aromatic carbocycles. The van der Waals surface area contributed by atoms with Gasteiger partial charge in [0.1, 0.15) is 12.4 Å². The van der Waals surface area contributed by atoms with Gasteiger partial charge in [0.2, 0.25) is 0 Å². The summed E-state index contributed by atoms with van der Waals surface area (Å²) in [7, 11) is 2.79. The van der Waals surface area contributed by atoms with Crippen molar-refractivity contribution in [2.75, 3.05) is 33.1 Å². The molecule has 3 N–H and O–H groups in total. The normalized spacial score (nSPS) is 26.6. The summed E-state index contributed by atoms with van der Waals surface area (Å²) >= 11 is 0. The lowest BCUT2D eigenvalue weighted by Gasteiger charge is -2.38. The number of nitrogens with zero attached hydrogens (tertiary/aromatic N) is 6. The molecule has 2 aromatic heterocycles. The van der Waals surface area contributed by atoms with Gasteiger partial charge in [0.15, 0.2) is 17.0 Å². The van der Waals surface area contributed by atoms with Crippen LogP contribution in [0.25, 0.3) is 11.2 Å². The Hall–Kier alpha value is -1.86. The molecule has 1 aliphatic rings. The van der Waals surface area contributed by atoms with Crippen LogP contribution in [0.2, 0.25) is 0 Å². The van der Waals surface area contributed by atoms with E-state index in [9.17, 15) is 18.6 Å². The van der Waals surface area contributed by atoms with Gasteiger partial charge < -0.3 is 19.7 Å². The van der Waals surface area contributed by atoms with Crippen LogP contribution in [0.15, 0.2) is 12.7 Å². The molecule has 1 aliphatic carbocycles. The van der Waals surface area contributed by atoms with E-state index in [1.807, 2.05) is 19.0 Å². The van der Waals surface area contributed by atoms with E-state index in [0.717, 1.165) is 4.31 Å². The second-order valence-electron chi connectivity index (χ2n) is 7.05. The maximum Gasteiger partial charge on any atom is 0.279 e. The molecule has 0 unspecified atom stereocenters. The summed E-state index contributed by atoms with van der Waals surface area (Å²) in [5, 5.41) is 21.1. The lowest BCUT2D eigenvalue weighted by Crippen LogP contribution is -2.55. The maximum absolute atomic E-state index is 12.0. The highest BCUT2D eigenvalue weighted by molar-refractivity contribution is 7.87. The van der Waals surface area contributed by atoms with Gasteiger partial charge in [0, 0.05) is 28.2 Å². The topological polar surface area (TPSA) is 137 Å². The largest absolute Gasteiger partial charge is 0.389 e. The van der Waals surface area contributed by atoms with Gasteiger partial charge in [-0.15, -0.1) is 0 Å². The third-order valence-electron chi connectivity index (χ3n) is 4.83. The Morgan fingerprint density at radius 3 is 2.44 bits per heavy atom. The second kappa shape index (κ2) is 7.28. The van der Waals surface area contributed by atoms with Crippen molar-refractivity contribution < 1.29 is 18.6 Å². The first-order valence-electron chi connectivity index (χ1n) is 8.54. The number of imidazole rings is 1. The van der Waals surface area contributed by atoms with Crippen LogP contribution in [0.1, 0.15) is 18.9 Å². The number of aromatic nitrogens is 4. The van der Waals surface area contributed by atoms with Crippen LogP contribution >= 0.6 is 0 Å². The van der Waals surface area contributed by atoms with Gasteiger partial charge in [-0.2, -0.15) is 17.4 Å². The van der Waals surface area contributed by atoms with E-state index in [1.165, 1.54) is 20.4 Å². The zero-order valence-corrected chi connectivity index (χ0v) is 16.5. The number of hydrogen-bond donors (Lipinski definition) is 3. The minimum Gasteiger partial charge on any atom is -0.389 e. The fourth-order valence-electron chi connectivity index (χ4n) is 3.30. The van der Waals surface area contributed by atoms with Crippen molar-refractivity contribution >= 4 is 27.2 Å². The standard InChI is InChI=1S/C15H25N7O4S/c1-20(2)14-11-15(17-7-16-14)22(8-18-11)10-6-5-9(12(23)13(10)24)19-27(25,26)21(3)4/h7-10,12-13,19,23-24H,5-6H2,1-4H3/t9-,10-,12-,13-/m1/s1. The molecular formula is C15H25N7O4S. The van der Waals surface area contributed by atoms with Crippen molar-refractivity contribution in [1.29, 1.82) is 0 Å². The quantitative estimate of drug-likeness (QED) is 0.565. The zero-order chi connectivity index (χ0) is 19.9. The summed E-state index contributed by atoms with van der Waals surface area (Å²) in [5.74, 6) is 0.654. The molecule has 2 aromatic rings. The molecule has 0 radical (unpaired) electrons. The predicted molar refractivity (Wildman–Crippen MR) is 99.5 cm³/mol. The van der Waals surface area contributed by atoms with Crippen molar-refractivity contribution in [2.45, 2.75) is 37.1 Å². The van der Waals surface area contributed by atoms with E-state index < -0.39 is 34.5 Å². The summed E-state index contributed by atoms with van der Waals surface area (Å²) in [6, 6.07) is -1.25. The third-order valence-corrected chi connectivity index (χ3v) is 6.39. The molecule has 2 heterocycles. The maximum atomic E-state index is 12.0. The van der Waals surface area contributed by atoms with Crippen LogP contribution in [-0.2, 0) is 10.2 Å². The van der Waals surface area contributed by atoms with Crippen molar-refractivity contribution in [3.63, 3.8) is 0 Å². The molecule has 0 amide bonds. The Kier molecular flexibility index (Phi) is 5.36. The summed E-state index contributed by atoms with van der Waals surface area (Å²) < 4.78 is 29.2. The van der Waals surface area contributed by atoms with Gasteiger partial charge in [0.25, 0.3) is 10.2 Å². The number of fused-ring (bicyclic) bond motifs is 1. The van der Waals surface area contributed by atoms with Crippen LogP contribution in [0.5, 0.6) is 0 Å². The molecule has 0 spiro atoms. The zero-order valence-electron chi connectivity index (χ0n) is 15.7. The minimum atomic E-state index is -3.71. The van der Waals surface area contributed by atoms with E-state index >= 15 is 0 Å². The van der Waals surface area contributed by atoms with Crippen molar-refractivity contribution in [2.24, 2.45) is 0 Å². The smallest absolute Gasteiger partial charge is 0.279 e. The molecule has 3 rings (SSSR count). The van der Waals surface area contributed by atoms with Crippen LogP contribution in [0.3, 0.4) is 0 Å². The lowest BCUT2D eigenvalue weighted by molar-refractivity contribution is -0.0528. The highest BCUT2D eigenvalue weighted by Crippen LogP contribution is 2.32. The number of anilines is 1. The van der Waals surface area contributed by atoms with Gasteiger partial charge in [-0.05, 0) is 12.8 Å². The number of aliphatic hydroxyl groups excluding tert-OH is 2. The first-order chi connectivity index (χ1) is 12.6. The Labute approximate surface area is 157 Å². The van der Waals surface area contributed by atoms with Crippen molar-refractivity contribution in [3.8, 4) is 0 Å². The van der Waals surface area contributed by atoms with Gasteiger partial charge in [-0.25, -0.2) is 15.0 Å². The van der Waals surface area contributed by atoms with Crippen LogP contribution in [0, 0.1) is 0 Å². The molecular weight excluding hydrogens is 374 g/mol. The third kappa shape index (κ3) is 3.62. The molecule has 12 heteroatoms. The highest BCUT2D eigenvalue weighted by atomic mass is 32.2. The Bertz CT molecular complexity index is 914. The number of hydrogen-bond acceptors (Lipinski definition) is 8. The van der Waals surface area contributed by atoms with Gasteiger partial charge in [0.05, 0.1) is 24.5 Å². The van der Waals surface area contributed by atoms with Gasteiger partial charge in [-0.1, -0.05) is 0 Å². The fourth-order valence-corrected chi connectivity index (χ4v) is 4.15. The molecule has 4 atom stereocenters. The average molecular weight is 399 g/mol.